The van der Waals surface area contributed by atoms with E-state index in [9.17, 15) is 4.79 Å². The van der Waals surface area contributed by atoms with Crippen LogP contribution in [0.1, 0.15) is 11.1 Å². The lowest BCUT2D eigenvalue weighted by Crippen LogP contribution is -1.94. The summed E-state index contributed by atoms with van der Waals surface area (Å²) >= 11 is 10.6. The second kappa shape index (κ2) is 5.10. The minimum absolute atomic E-state index is 0.199. The summed E-state index contributed by atoms with van der Waals surface area (Å²) in [5.41, 5.74) is 1.13. The van der Waals surface area contributed by atoms with Gasteiger partial charge in [0, 0.05) is 17.5 Å². The smallest absolute Gasteiger partial charge is 0.404 e. The van der Waals surface area contributed by atoms with Crippen molar-refractivity contribution in [3.05, 3.63) is 35.4 Å². The Bertz CT molecular complexity index is 282. The van der Waals surface area contributed by atoms with Crippen molar-refractivity contribution >= 4 is 28.6 Å². The van der Waals surface area contributed by atoms with Crippen LogP contribution in [0.4, 0.5) is 4.79 Å². The molecule has 2 nitrogen and oxygen atoms in total. The van der Waals surface area contributed by atoms with E-state index in [0.717, 1.165) is 11.1 Å². The molecule has 0 aliphatic rings. The van der Waals surface area contributed by atoms with Gasteiger partial charge in [-0.3, -0.25) is 0 Å². The zero-order valence-corrected chi connectivity index (χ0v) is 8.31. The van der Waals surface area contributed by atoms with Crippen molar-refractivity contribution in [2.45, 2.75) is 12.5 Å². The van der Waals surface area contributed by atoms with Crippen molar-refractivity contribution in [3.63, 3.8) is 0 Å². The van der Waals surface area contributed by atoms with Gasteiger partial charge in [-0.2, -0.15) is 0 Å². The summed E-state index contributed by atoms with van der Waals surface area (Å²) in [4.78, 5) is 10.3. The van der Waals surface area contributed by atoms with Crippen LogP contribution in [-0.4, -0.2) is 5.43 Å². The summed E-state index contributed by atoms with van der Waals surface area (Å²) in [5, 5.41) is 0. The molecule has 0 heterocycles. The summed E-state index contributed by atoms with van der Waals surface area (Å²) in [6.45, 7) is 0.199. The molecule has 4 heteroatoms. The lowest BCUT2D eigenvalue weighted by molar-refractivity contribution is 0.167. The molecule has 0 radical (unpaired) electrons. The number of carbonyl (C=O) groups excluding carboxylic acids is 1. The molecule has 13 heavy (non-hydrogen) atoms. The highest BCUT2D eigenvalue weighted by Crippen LogP contribution is 2.08. The Labute approximate surface area is 86.4 Å². The van der Waals surface area contributed by atoms with Crippen LogP contribution in [-0.2, 0) is 17.2 Å². The molecule has 1 aromatic carbocycles. The average Bonchev–Trinajstić information content (AvgIpc) is 2.15. The minimum atomic E-state index is -0.790. The Kier molecular flexibility index (Phi) is 4.06. The SMILES string of the molecule is O=C(Cl)OCc1ccc(CCl)cc1. The maximum Gasteiger partial charge on any atom is 0.404 e. The van der Waals surface area contributed by atoms with Crippen LogP contribution >= 0.6 is 23.2 Å². The van der Waals surface area contributed by atoms with Gasteiger partial charge in [-0.25, -0.2) is 4.79 Å². The summed E-state index contributed by atoms with van der Waals surface area (Å²) in [5.74, 6) is 0.482. The van der Waals surface area contributed by atoms with Crippen molar-refractivity contribution in [2.24, 2.45) is 0 Å². The predicted octanol–water partition coefficient (Wildman–Crippen LogP) is 3.30. The zero-order valence-electron chi connectivity index (χ0n) is 6.80. The first-order chi connectivity index (χ1) is 6.22. The summed E-state index contributed by atoms with van der Waals surface area (Å²) < 4.78 is 4.59. The van der Waals surface area contributed by atoms with Crippen molar-refractivity contribution in [1.82, 2.24) is 0 Å². The monoisotopic (exact) mass is 218 g/mol. The van der Waals surface area contributed by atoms with E-state index < -0.39 is 5.43 Å². The van der Waals surface area contributed by atoms with E-state index in [-0.39, 0.29) is 6.61 Å². The number of rotatable bonds is 3. The number of ether oxygens (including phenoxy) is 1. The van der Waals surface area contributed by atoms with Gasteiger partial charge in [0.25, 0.3) is 0 Å². The van der Waals surface area contributed by atoms with E-state index in [1.807, 2.05) is 24.3 Å². The second-order valence-electron chi connectivity index (χ2n) is 2.48. The van der Waals surface area contributed by atoms with Gasteiger partial charge in [-0.05, 0) is 11.1 Å². The number of hydrogen-bond donors (Lipinski definition) is 0. The van der Waals surface area contributed by atoms with E-state index in [1.165, 1.54) is 0 Å². The van der Waals surface area contributed by atoms with E-state index in [0.29, 0.717) is 5.88 Å². The van der Waals surface area contributed by atoms with Crippen LogP contribution in [0.25, 0.3) is 0 Å². The fourth-order valence-corrected chi connectivity index (χ4v) is 1.10. The molecule has 0 unspecified atom stereocenters. The molecule has 1 aromatic rings. The summed E-state index contributed by atoms with van der Waals surface area (Å²) in [6, 6.07) is 7.45. The van der Waals surface area contributed by atoms with Gasteiger partial charge in [0.15, 0.2) is 0 Å². The Morgan fingerprint density at radius 2 is 1.77 bits per heavy atom. The fraction of sp³-hybridized carbons (Fsp3) is 0.222. The van der Waals surface area contributed by atoms with Crippen LogP contribution in [0, 0.1) is 0 Å². The second-order valence-corrected chi connectivity index (χ2v) is 3.05. The third-order valence-corrected chi connectivity index (χ3v) is 1.95. The van der Waals surface area contributed by atoms with E-state index in [4.69, 9.17) is 23.2 Å². The first-order valence-electron chi connectivity index (χ1n) is 3.68. The van der Waals surface area contributed by atoms with Gasteiger partial charge in [0.2, 0.25) is 0 Å². The zero-order chi connectivity index (χ0) is 9.68. The molecule has 0 saturated carbocycles. The first-order valence-corrected chi connectivity index (χ1v) is 4.59. The number of benzene rings is 1. The normalized spacial score (nSPS) is 9.69. The quantitative estimate of drug-likeness (QED) is 0.575. The molecule has 0 atom stereocenters. The molecule has 1 rings (SSSR count). The summed E-state index contributed by atoms with van der Waals surface area (Å²) in [6.07, 6.45) is 0. The van der Waals surface area contributed by atoms with Crippen molar-refractivity contribution in [3.8, 4) is 0 Å². The Morgan fingerprint density at radius 3 is 2.23 bits per heavy atom. The molecule has 0 aromatic heterocycles. The van der Waals surface area contributed by atoms with Crippen LogP contribution in [0.5, 0.6) is 0 Å². The van der Waals surface area contributed by atoms with Crippen LogP contribution in [0.3, 0.4) is 0 Å². The third-order valence-electron chi connectivity index (χ3n) is 1.53. The van der Waals surface area contributed by atoms with Crippen molar-refractivity contribution in [2.75, 3.05) is 0 Å². The van der Waals surface area contributed by atoms with E-state index in [1.54, 1.807) is 0 Å². The van der Waals surface area contributed by atoms with Gasteiger partial charge in [0.1, 0.15) is 6.61 Å². The van der Waals surface area contributed by atoms with Gasteiger partial charge in [-0.1, -0.05) is 24.3 Å². The molecule has 0 aliphatic carbocycles. The highest BCUT2D eigenvalue weighted by Gasteiger charge is 1.97. The highest BCUT2D eigenvalue weighted by molar-refractivity contribution is 6.61. The molecule has 0 fully saturated rings. The Hall–Kier alpha value is -0.730. The number of hydrogen-bond acceptors (Lipinski definition) is 2. The molecule has 0 aliphatic heterocycles. The lowest BCUT2D eigenvalue weighted by atomic mass is 10.2. The molecular formula is C9H8Cl2O2. The summed E-state index contributed by atoms with van der Waals surface area (Å²) in [7, 11) is 0. The first kappa shape index (κ1) is 10.4. The highest BCUT2D eigenvalue weighted by atomic mass is 35.5. The average molecular weight is 219 g/mol. The molecule has 0 spiro atoms. The van der Waals surface area contributed by atoms with Crippen molar-refractivity contribution in [1.29, 1.82) is 0 Å². The Balaban J connectivity index is 2.54. The Morgan fingerprint density at radius 1 is 1.23 bits per heavy atom. The maximum atomic E-state index is 10.3. The van der Waals surface area contributed by atoms with Crippen molar-refractivity contribution < 1.29 is 9.53 Å². The molecular weight excluding hydrogens is 211 g/mol. The van der Waals surface area contributed by atoms with Crippen LogP contribution < -0.4 is 0 Å². The molecule has 70 valence electrons. The van der Waals surface area contributed by atoms with Crippen LogP contribution in [0.15, 0.2) is 24.3 Å². The number of alkyl halides is 1. The van der Waals surface area contributed by atoms with Gasteiger partial charge < -0.3 is 4.74 Å². The van der Waals surface area contributed by atoms with Gasteiger partial charge in [0.05, 0.1) is 0 Å². The molecule has 0 saturated heterocycles. The van der Waals surface area contributed by atoms with Gasteiger partial charge >= 0.3 is 5.43 Å². The third kappa shape index (κ3) is 3.66. The topological polar surface area (TPSA) is 26.3 Å². The van der Waals surface area contributed by atoms with E-state index in [2.05, 4.69) is 4.74 Å². The van der Waals surface area contributed by atoms with Gasteiger partial charge in [-0.15, -0.1) is 11.6 Å². The standard InChI is InChI=1S/C9H8Cl2O2/c10-5-7-1-3-8(4-2-7)6-13-9(11)12/h1-4H,5-6H2. The largest absolute Gasteiger partial charge is 0.449 e. The number of carbonyl (C=O) groups is 1. The van der Waals surface area contributed by atoms with E-state index >= 15 is 0 Å². The van der Waals surface area contributed by atoms with Crippen LogP contribution in [0.2, 0.25) is 0 Å². The molecule has 0 amide bonds. The lowest BCUT2D eigenvalue weighted by Gasteiger charge is -2.01. The number of halogens is 2. The minimum Gasteiger partial charge on any atom is -0.449 e. The molecule has 0 N–H and O–H groups in total. The fourth-order valence-electron chi connectivity index (χ4n) is 0.865. The predicted molar refractivity (Wildman–Crippen MR) is 52.0 cm³/mol. The maximum absolute atomic E-state index is 10.3. The molecule has 0 bridgehead atoms.